The van der Waals surface area contributed by atoms with Crippen LogP contribution in [-0.4, -0.2) is 63.3 Å². The first-order valence-electron chi connectivity index (χ1n) is 8.98. The second-order valence-corrected chi connectivity index (χ2v) is 8.84. The molecule has 2 aliphatic rings. The van der Waals surface area contributed by atoms with E-state index in [1.807, 2.05) is 7.05 Å². The van der Waals surface area contributed by atoms with Gasteiger partial charge in [0.1, 0.15) is 10.7 Å². The topological polar surface area (TPSA) is 82.9 Å². The van der Waals surface area contributed by atoms with Gasteiger partial charge in [-0.15, -0.1) is 12.4 Å². The number of hydrogen-bond donors (Lipinski definition) is 1. The highest BCUT2D eigenvalue weighted by atomic mass is 35.5. The van der Waals surface area contributed by atoms with Crippen molar-refractivity contribution in [2.24, 2.45) is 5.92 Å². The van der Waals surface area contributed by atoms with Gasteiger partial charge in [0, 0.05) is 32.2 Å². The van der Waals surface area contributed by atoms with Crippen molar-refractivity contribution in [2.75, 3.05) is 39.8 Å². The number of likely N-dealkylation sites (tertiary alicyclic amines) is 1. The molecule has 1 amide bonds. The molecule has 0 aliphatic carbocycles. The Morgan fingerprint density at radius 3 is 2.42 bits per heavy atom. The number of halogens is 1. The Morgan fingerprint density at radius 1 is 1.23 bits per heavy atom. The minimum absolute atomic E-state index is 0. The number of amides is 1. The Bertz CT molecular complexity index is 720. The van der Waals surface area contributed by atoms with Crippen LogP contribution in [0.25, 0.3) is 0 Å². The molecule has 1 aromatic rings. The summed E-state index contributed by atoms with van der Waals surface area (Å²) in [5.41, 5.74) is 0. The quantitative estimate of drug-likeness (QED) is 0.808. The van der Waals surface area contributed by atoms with Gasteiger partial charge in [0.15, 0.2) is 5.76 Å². The van der Waals surface area contributed by atoms with E-state index in [9.17, 15) is 13.2 Å². The molecule has 2 saturated heterocycles. The normalized spacial score (nSPS) is 19.5. The van der Waals surface area contributed by atoms with Crippen LogP contribution in [0, 0.1) is 12.8 Å². The summed E-state index contributed by atoms with van der Waals surface area (Å²) in [4.78, 5) is 14.6. The lowest BCUT2D eigenvalue weighted by Crippen LogP contribution is -2.40. The molecule has 1 aromatic heterocycles. The standard InChI is InChI=1S/C17H27N3O4S.ClH/c1-13-16(25(22,23)20-7-3-4-8-20)11-15(24-13)17(21)19-9-5-14(6-10-19)12-18-2;/h11,14,18H,3-10,12H2,1-2H3;1H. The molecule has 0 saturated carbocycles. The van der Waals surface area contributed by atoms with Crippen molar-refractivity contribution in [3.63, 3.8) is 0 Å². The van der Waals surface area contributed by atoms with E-state index in [1.165, 1.54) is 10.4 Å². The molecule has 2 aliphatic heterocycles. The van der Waals surface area contributed by atoms with Crippen LogP contribution >= 0.6 is 12.4 Å². The third-order valence-electron chi connectivity index (χ3n) is 5.16. The van der Waals surface area contributed by atoms with E-state index in [-0.39, 0.29) is 29.0 Å². The smallest absolute Gasteiger partial charge is 0.289 e. The number of hydrogen-bond acceptors (Lipinski definition) is 5. The van der Waals surface area contributed by atoms with Gasteiger partial charge < -0.3 is 14.6 Å². The van der Waals surface area contributed by atoms with E-state index < -0.39 is 10.0 Å². The summed E-state index contributed by atoms with van der Waals surface area (Å²) in [6.07, 6.45) is 3.66. The summed E-state index contributed by atoms with van der Waals surface area (Å²) >= 11 is 0. The summed E-state index contributed by atoms with van der Waals surface area (Å²) in [6.45, 7) is 5.00. The molecule has 0 aromatic carbocycles. The molecule has 3 rings (SSSR count). The first kappa shape index (κ1) is 21.2. The third-order valence-corrected chi connectivity index (χ3v) is 7.17. The number of rotatable bonds is 5. The van der Waals surface area contributed by atoms with Crippen LogP contribution in [0.1, 0.15) is 42.0 Å². The fourth-order valence-electron chi connectivity index (χ4n) is 3.68. The lowest BCUT2D eigenvalue weighted by molar-refractivity contribution is 0.0657. The second-order valence-electron chi connectivity index (χ2n) is 6.94. The van der Waals surface area contributed by atoms with Crippen molar-refractivity contribution >= 4 is 28.3 Å². The SMILES string of the molecule is CNCC1CCN(C(=O)c2cc(S(=O)(=O)N3CCCC3)c(C)o2)CC1.Cl. The molecular weight excluding hydrogens is 378 g/mol. The van der Waals surface area contributed by atoms with Gasteiger partial charge in [-0.2, -0.15) is 4.31 Å². The zero-order valence-electron chi connectivity index (χ0n) is 15.4. The summed E-state index contributed by atoms with van der Waals surface area (Å²) in [5.74, 6) is 0.787. The molecule has 0 radical (unpaired) electrons. The number of carbonyl (C=O) groups excluding carboxylic acids is 1. The van der Waals surface area contributed by atoms with E-state index in [2.05, 4.69) is 5.32 Å². The van der Waals surface area contributed by atoms with Crippen LogP contribution in [0.4, 0.5) is 0 Å². The molecule has 1 N–H and O–H groups in total. The van der Waals surface area contributed by atoms with E-state index in [0.29, 0.717) is 37.9 Å². The number of carbonyl (C=O) groups is 1. The predicted octanol–water partition coefficient (Wildman–Crippen LogP) is 1.87. The molecule has 0 unspecified atom stereocenters. The van der Waals surface area contributed by atoms with E-state index in [0.717, 1.165) is 32.2 Å². The maximum atomic E-state index is 12.7. The van der Waals surface area contributed by atoms with Crippen molar-refractivity contribution in [3.05, 3.63) is 17.6 Å². The van der Waals surface area contributed by atoms with Gasteiger partial charge in [0.25, 0.3) is 5.91 Å². The number of piperidine rings is 1. The van der Waals surface area contributed by atoms with Gasteiger partial charge in [-0.1, -0.05) is 0 Å². The number of nitrogens with zero attached hydrogens (tertiary/aromatic N) is 2. The first-order valence-corrected chi connectivity index (χ1v) is 10.4. The average molecular weight is 406 g/mol. The molecule has 7 nitrogen and oxygen atoms in total. The van der Waals surface area contributed by atoms with Crippen LogP contribution in [0.5, 0.6) is 0 Å². The molecule has 148 valence electrons. The predicted molar refractivity (Wildman–Crippen MR) is 101 cm³/mol. The average Bonchev–Trinajstić information content (AvgIpc) is 3.25. The molecule has 2 fully saturated rings. The molecule has 0 atom stereocenters. The zero-order valence-corrected chi connectivity index (χ0v) is 17.0. The van der Waals surface area contributed by atoms with Crippen LogP contribution in [0.2, 0.25) is 0 Å². The van der Waals surface area contributed by atoms with Gasteiger partial charge in [-0.3, -0.25) is 4.79 Å². The molecule has 0 spiro atoms. The van der Waals surface area contributed by atoms with E-state index in [1.54, 1.807) is 11.8 Å². The fourth-order valence-corrected chi connectivity index (χ4v) is 5.36. The van der Waals surface area contributed by atoms with Crippen molar-refractivity contribution < 1.29 is 17.6 Å². The maximum Gasteiger partial charge on any atom is 0.289 e. The Kier molecular flexibility index (Phi) is 7.12. The molecule has 9 heteroatoms. The monoisotopic (exact) mass is 405 g/mol. The molecule has 26 heavy (non-hydrogen) atoms. The van der Waals surface area contributed by atoms with Crippen LogP contribution in [0.3, 0.4) is 0 Å². The summed E-state index contributed by atoms with van der Waals surface area (Å²) in [6, 6.07) is 1.41. The molecule has 3 heterocycles. The van der Waals surface area contributed by atoms with Crippen LogP contribution in [0.15, 0.2) is 15.4 Å². The lowest BCUT2D eigenvalue weighted by atomic mass is 9.97. The Balaban J connectivity index is 0.00000243. The Labute approximate surface area is 161 Å². The highest BCUT2D eigenvalue weighted by Gasteiger charge is 2.33. The van der Waals surface area contributed by atoms with Gasteiger partial charge in [0.2, 0.25) is 10.0 Å². The minimum Gasteiger partial charge on any atom is -0.455 e. The van der Waals surface area contributed by atoms with Gasteiger partial charge >= 0.3 is 0 Å². The minimum atomic E-state index is -3.57. The molecule has 0 bridgehead atoms. The number of nitrogens with one attached hydrogen (secondary N) is 1. The Morgan fingerprint density at radius 2 is 1.85 bits per heavy atom. The molecular formula is C17H28ClN3O4S. The van der Waals surface area contributed by atoms with E-state index in [4.69, 9.17) is 4.42 Å². The second kappa shape index (κ2) is 8.73. The van der Waals surface area contributed by atoms with Crippen molar-refractivity contribution in [3.8, 4) is 0 Å². The number of furan rings is 1. The summed E-state index contributed by atoms with van der Waals surface area (Å²) in [7, 11) is -1.63. The largest absolute Gasteiger partial charge is 0.455 e. The van der Waals surface area contributed by atoms with Crippen LogP contribution < -0.4 is 5.32 Å². The zero-order chi connectivity index (χ0) is 18.0. The van der Waals surface area contributed by atoms with Crippen molar-refractivity contribution in [1.29, 1.82) is 0 Å². The Hall–Kier alpha value is -1.09. The van der Waals surface area contributed by atoms with Gasteiger partial charge in [-0.05, 0) is 52.1 Å². The summed E-state index contributed by atoms with van der Waals surface area (Å²) < 4.78 is 32.4. The lowest BCUT2D eigenvalue weighted by Gasteiger charge is -2.31. The third kappa shape index (κ3) is 4.24. The summed E-state index contributed by atoms with van der Waals surface area (Å²) in [5, 5.41) is 3.17. The van der Waals surface area contributed by atoms with E-state index >= 15 is 0 Å². The van der Waals surface area contributed by atoms with Crippen molar-refractivity contribution in [2.45, 2.75) is 37.5 Å². The number of aryl methyl sites for hydroxylation is 1. The van der Waals surface area contributed by atoms with Gasteiger partial charge in [0.05, 0.1) is 0 Å². The van der Waals surface area contributed by atoms with Crippen molar-refractivity contribution in [1.82, 2.24) is 14.5 Å². The van der Waals surface area contributed by atoms with Gasteiger partial charge in [-0.25, -0.2) is 8.42 Å². The maximum absolute atomic E-state index is 12.7. The van der Waals surface area contributed by atoms with Crippen LogP contribution in [-0.2, 0) is 10.0 Å². The number of sulfonamides is 1. The highest BCUT2D eigenvalue weighted by Crippen LogP contribution is 2.27. The fraction of sp³-hybridized carbons (Fsp3) is 0.706. The highest BCUT2D eigenvalue weighted by molar-refractivity contribution is 7.89. The first-order chi connectivity index (χ1) is 11.9.